The summed E-state index contributed by atoms with van der Waals surface area (Å²) in [5.41, 5.74) is 3.43. The monoisotopic (exact) mass is 218 g/mol. The molecule has 0 saturated heterocycles. The van der Waals surface area contributed by atoms with E-state index in [0.717, 1.165) is 29.7 Å². The first kappa shape index (κ1) is 11.1. The van der Waals surface area contributed by atoms with Crippen LogP contribution in [0.1, 0.15) is 24.7 Å². The third kappa shape index (κ3) is 2.25. The van der Waals surface area contributed by atoms with E-state index in [2.05, 4.69) is 42.0 Å². The van der Waals surface area contributed by atoms with E-state index in [-0.39, 0.29) is 6.10 Å². The Bertz CT molecular complexity index is 476. The summed E-state index contributed by atoms with van der Waals surface area (Å²) in [4.78, 5) is 7.96. The summed E-state index contributed by atoms with van der Waals surface area (Å²) in [6.07, 6.45) is 2.22. The van der Waals surface area contributed by atoms with E-state index >= 15 is 0 Å². The fraction of sp³-hybridized carbons (Fsp3) is 0.462. The maximum atomic E-state index is 5.23. The number of H-pyrrole nitrogens is 1. The predicted molar refractivity (Wildman–Crippen MR) is 65.6 cm³/mol. The Labute approximate surface area is 95.8 Å². The number of hydrogen-bond donors (Lipinski definition) is 1. The van der Waals surface area contributed by atoms with Crippen molar-refractivity contribution < 1.29 is 4.74 Å². The van der Waals surface area contributed by atoms with E-state index in [4.69, 9.17) is 4.74 Å². The molecule has 0 radical (unpaired) electrons. The van der Waals surface area contributed by atoms with Crippen LogP contribution in [-0.2, 0) is 11.2 Å². The summed E-state index contributed by atoms with van der Waals surface area (Å²) in [7, 11) is 1.74. The number of imidazole rings is 1. The van der Waals surface area contributed by atoms with E-state index in [9.17, 15) is 0 Å². The average molecular weight is 218 g/mol. The van der Waals surface area contributed by atoms with Crippen molar-refractivity contribution in [3.8, 4) is 0 Å². The predicted octanol–water partition coefficient (Wildman–Crippen LogP) is 2.84. The Morgan fingerprint density at radius 1 is 1.44 bits per heavy atom. The lowest BCUT2D eigenvalue weighted by Gasteiger charge is -2.06. The minimum Gasteiger partial charge on any atom is -0.382 e. The third-order valence-corrected chi connectivity index (χ3v) is 2.95. The zero-order chi connectivity index (χ0) is 11.5. The van der Waals surface area contributed by atoms with Crippen LogP contribution >= 0.6 is 0 Å². The third-order valence-electron chi connectivity index (χ3n) is 2.95. The molecule has 1 heterocycles. The summed E-state index contributed by atoms with van der Waals surface area (Å²) < 4.78 is 5.23. The molecule has 0 spiro atoms. The van der Waals surface area contributed by atoms with Crippen molar-refractivity contribution in [3.63, 3.8) is 0 Å². The number of para-hydroxylation sites is 1. The van der Waals surface area contributed by atoms with Gasteiger partial charge in [0.25, 0.3) is 0 Å². The van der Waals surface area contributed by atoms with Gasteiger partial charge in [-0.15, -0.1) is 0 Å². The summed E-state index contributed by atoms with van der Waals surface area (Å²) >= 11 is 0. The molecule has 0 aliphatic carbocycles. The Kier molecular flexibility index (Phi) is 3.25. The highest BCUT2D eigenvalue weighted by Crippen LogP contribution is 2.16. The van der Waals surface area contributed by atoms with Crippen LogP contribution in [0.15, 0.2) is 18.2 Å². The molecule has 2 rings (SSSR count). The molecule has 2 aromatic rings. The van der Waals surface area contributed by atoms with E-state index in [1.54, 1.807) is 7.11 Å². The molecular weight excluding hydrogens is 200 g/mol. The van der Waals surface area contributed by atoms with E-state index in [1.165, 1.54) is 5.56 Å². The SMILES string of the molecule is COC(C)CCc1nc2c(C)cccc2[nH]1. The van der Waals surface area contributed by atoms with Gasteiger partial charge in [-0.2, -0.15) is 0 Å². The van der Waals surface area contributed by atoms with Gasteiger partial charge in [-0.25, -0.2) is 4.98 Å². The number of benzene rings is 1. The standard InChI is InChI=1S/C13H18N2O/c1-9-5-4-6-11-13(9)15-12(14-11)8-7-10(2)16-3/h4-6,10H,7-8H2,1-3H3,(H,14,15). The lowest BCUT2D eigenvalue weighted by molar-refractivity contribution is 0.111. The fourth-order valence-corrected chi connectivity index (χ4v) is 1.80. The van der Waals surface area contributed by atoms with Crippen LogP contribution in [0.5, 0.6) is 0 Å². The van der Waals surface area contributed by atoms with E-state index in [1.807, 2.05) is 0 Å². The second kappa shape index (κ2) is 4.66. The highest BCUT2D eigenvalue weighted by molar-refractivity contribution is 5.78. The molecule has 0 bridgehead atoms. The molecule has 3 nitrogen and oxygen atoms in total. The number of rotatable bonds is 4. The number of aryl methyl sites for hydroxylation is 2. The number of aromatic amines is 1. The van der Waals surface area contributed by atoms with Crippen molar-refractivity contribution in [2.24, 2.45) is 0 Å². The zero-order valence-corrected chi connectivity index (χ0v) is 10.1. The molecule has 1 unspecified atom stereocenters. The number of fused-ring (bicyclic) bond motifs is 1. The minimum absolute atomic E-state index is 0.286. The lowest BCUT2D eigenvalue weighted by atomic mass is 10.2. The lowest BCUT2D eigenvalue weighted by Crippen LogP contribution is -2.06. The summed E-state index contributed by atoms with van der Waals surface area (Å²) in [5.74, 6) is 1.05. The van der Waals surface area contributed by atoms with Gasteiger partial charge in [0.15, 0.2) is 0 Å². The first-order valence-electron chi connectivity index (χ1n) is 5.67. The topological polar surface area (TPSA) is 37.9 Å². The molecule has 1 aromatic heterocycles. The van der Waals surface area contributed by atoms with Gasteiger partial charge >= 0.3 is 0 Å². The number of aromatic nitrogens is 2. The van der Waals surface area contributed by atoms with E-state index < -0.39 is 0 Å². The largest absolute Gasteiger partial charge is 0.382 e. The van der Waals surface area contributed by atoms with Crippen LogP contribution in [0.25, 0.3) is 11.0 Å². The number of nitrogens with zero attached hydrogens (tertiary/aromatic N) is 1. The van der Waals surface area contributed by atoms with Crippen LogP contribution in [-0.4, -0.2) is 23.2 Å². The summed E-state index contributed by atoms with van der Waals surface area (Å²) in [6, 6.07) is 6.21. The van der Waals surface area contributed by atoms with Crippen molar-refractivity contribution in [1.82, 2.24) is 9.97 Å². The van der Waals surface area contributed by atoms with Crippen molar-refractivity contribution >= 4 is 11.0 Å². The molecule has 3 heteroatoms. The molecule has 0 fully saturated rings. The molecule has 0 aliphatic rings. The maximum Gasteiger partial charge on any atom is 0.107 e. The number of hydrogen-bond acceptors (Lipinski definition) is 2. The van der Waals surface area contributed by atoms with Gasteiger partial charge in [0, 0.05) is 13.5 Å². The van der Waals surface area contributed by atoms with Gasteiger partial charge in [0.05, 0.1) is 17.1 Å². The highest BCUT2D eigenvalue weighted by Gasteiger charge is 2.06. The van der Waals surface area contributed by atoms with Crippen molar-refractivity contribution in [2.75, 3.05) is 7.11 Å². The molecule has 16 heavy (non-hydrogen) atoms. The van der Waals surface area contributed by atoms with Gasteiger partial charge < -0.3 is 9.72 Å². The smallest absolute Gasteiger partial charge is 0.107 e. The van der Waals surface area contributed by atoms with Crippen molar-refractivity contribution in [3.05, 3.63) is 29.6 Å². The summed E-state index contributed by atoms with van der Waals surface area (Å²) in [5, 5.41) is 0. The van der Waals surface area contributed by atoms with Crippen LogP contribution < -0.4 is 0 Å². The Morgan fingerprint density at radius 3 is 2.94 bits per heavy atom. The van der Waals surface area contributed by atoms with Crippen LogP contribution in [0.3, 0.4) is 0 Å². The number of ether oxygens (including phenoxy) is 1. The Balaban J connectivity index is 2.17. The molecule has 1 aromatic carbocycles. The maximum absolute atomic E-state index is 5.23. The van der Waals surface area contributed by atoms with Crippen LogP contribution in [0.2, 0.25) is 0 Å². The van der Waals surface area contributed by atoms with Crippen molar-refractivity contribution in [2.45, 2.75) is 32.8 Å². The van der Waals surface area contributed by atoms with E-state index in [0.29, 0.717) is 0 Å². The van der Waals surface area contributed by atoms with Gasteiger partial charge in [-0.05, 0) is 31.9 Å². The van der Waals surface area contributed by atoms with Crippen LogP contribution in [0, 0.1) is 6.92 Å². The highest BCUT2D eigenvalue weighted by atomic mass is 16.5. The van der Waals surface area contributed by atoms with Gasteiger partial charge in [0.2, 0.25) is 0 Å². The van der Waals surface area contributed by atoms with Crippen LogP contribution in [0.4, 0.5) is 0 Å². The molecule has 86 valence electrons. The van der Waals surface area contributed by atoms with Gasteiger partial charge in [-0.1, -0.05) is 12.1 Å². The summed E-state index contributed by atoms with van der Waals surface area (Å²) in [6.45, 7) is 4.17. The fourth-order valence-electron chi connectivity index (χ4n) is 1.80. The van der Waals surface area contributed by atoms with Gasteiger partial charge in [0.1, 0.15) is 5.82 Å². The zero-order valence-electron chi connectivity index (χ0n) is 10.1. The average Bonchev–Trinajstić information content (AvgIpc) is 2.70. The molecule has 0 amide bonds. The normalized spacial score (nSPS) is 13.2. The molecule has 0 aliphatic heterocycles. The molecule has 1 N–H and O–H groups in total. The first-order valence-corrected chi connectivity index (χ1v) is 5.67. The molecule has 0 saturated carbocycles. The van der Waals surface area contributed by atoms with Gasteiger partial charge in [-0.3, -0.25) is 0 Å². The first-order chi connectivity index (χ1) is 7.70. The van der Waals surface area contributed by atoms with Crippen molar-refractivity contribution in [1.29, 1.82) is 0 Å². The second-order valence-corrected chi connectivity index (χ2v) is 4.24. The molecular formula is C13H18N2O. The number of methoxy groups -OCH3 is 1. The second-order valence-electron chi connectivity index (χ2n) is 4.24. The Morgan fingerprint density at radius 2 is 2.25 bits per heavy atom. The quantitative estimate of drug-likeness (QED) is 0.856. The molecule has 1 atom stereocenters. The Hall–Kier alpha value is -1.35. The number of nitrogens with one attached hydrogen (secondary N) is 1. The minimum atomic E-state index is 0.286.